The summed E-state index contributed by atoms with van der Waals surface area (Å²) in [6.07, 6.45) is 3.41. The Morgan fingerprint density at radius 3 is 2.75 bits per heavy atom. The lowest BCUT2D eigenvalue weighted by atomic mass is 9.88. The Morgan fingerprint density at radius 2 is 2.19 bits per heavy atom. The van der Waals surface area contributed by atoms with E-state index < -0.39 is 0 Å². The van der Waals surface area contributed by atoms with Gasteiger partial charge in [-0.3, -0.25) is 4.79 Å². The second-order valence-corrected chi connectivity index (χ2v) is 5.63. The van der Waals surface area contributed by atoms with Crippen LogP contribution in [-0.2, 0) is 4.79 Å². The lowest BCUT2D eigenvalue weighted by Crippen LogP contribution is -2.49. The second-order valence-electron chi connectivity index (χ2n) is 5.63. The van der Waals surface area contributed by atoms with Crippen molar-refractivity contribution >= 4 is 5.91 Å². The molecule has 94 valence electrons. The Labute approximate surface area is 99.4 Å². The quantitative estimate of drug-likeness (QED) is 0.769. The zero-order valence-electron chi connectivity index (χ0n) is 11.1. The van der Waals surface area contributed by atoms with Crippen LogP contribution in [-0.4, -0.2) is 25.0 Å². The van der Waals surface area contributed by atoms with E-state index in [9.17, 15) is 4.79 Å². The van der Waals surface area contributed by atoms with Crippen molar-refractivity contribution in [3.8, 4) is 0 Å². The van der Waals surface area contributed by atoms with Crippen LogP contribution >= 0.6 is 0 Å². The highest BCUT2D eigenvalue weighted by Crippen LogP contribution is 2.20. The number of piperidine rings is 1. The maximum Gasteiger partial charge on any atom is 0.225 e. The molecule has 0 aromatic rings. The van der Waals surface area contributed by atoms with Gasteiger partial charge in [0.25, 0.3) is 0 Å². The molecular weight excluding hydrogens is 200 g/mol. The van der Waals surface area contributed by atoms with Crippen molar-refractivity contribution in [2.45, 2.75) is 53.0 Å². The number of hydrogen-bond donors (Lipinski definition) is 2. The highest BCUT2D eigenvalue weighted by molar-refractivity contribution is 5.81. The second kappa shape index (κ2) is 5.67. The smallest absolute Gasteiger partial charge is 0.225 e. The van der Waals surface area contributed by atoms with Gasteiger partial charge in [-0.05, 0) is 31.7 Å². The SMILES string of the molecule is CCC(C)(C)C(=O)NCC1NCCCC1C. The summed E-state index contributed by atoms with van der Waals surface area (Å²) in [5.74, 6) is 0.841. The number of nitrogens with one attached hydrogen (secondary N) is 2. The molecule has 16 heavy (non-hydrogen) atoms. The molecule has 1 heterocycles. The molecule has 0 saturated carbocycles. The normalized spacial score (nSPS) is 26.5. The molecule has 3 nitrogen and oxygen atoms in total. The number of amides is 1. The first-order valence-electron chi connectivity index (χ1n) is 6.49. The van der Waals surface area contributed by atoms with E-state index in [0.717, 1.165) is 19.5 Å². The first-order valence-corrected chi connectivity index (χ1v) is 6.49. The maximum atomic E-state index is 11.9. The topological polar surface area (TPSA) is 41.1 Å². The van der Waals surface area contributed by atoms with Gasteiger partial charge in [0.1, 0.15) is 0 Å². The molecule has 0 bridgehead atoms. The molecule has 2 unspecified atom stereocenters. The lowest BCUT2D eigenvalue weighted by molar-refractivity contribution is -0.129. The largest absolute Gasteiger partial charge is 0.354 e. The molecule has 0 aliphatic carbocycles. The van der Waals surface area contributed by atoms with Gasteiger partial charge in [-0.2, -0.15) is 0 Å². The molecular formula is C13H26N2O. The van der Waals surface area contributed by atoms with E-state index in [-0.39, 0.29) is 11.3 Å². The third-order valence-electron chi connectivity index (χ3n) is 3.91. The van der Waals surface area contributed by atoms with Crippen LogP contribution in [0.5, 0.6) is 0 Å². The van der Waals surface area contributed by atoms with Crippen molar-refractivity contribution in [1.29, 1.82) is 0 Å². The van der Waals surface area contributed by atoms with E-state index >= 15 is 0 Å². The molecule has 2 atom stereocenters. The fourth-order valence-electron chi connectivity index (χ4n) is 1.99. The highest BCUT2D eigenvalue weighted by Gasteiger charge is 2.27. The maximum absolute atomic E-state index is 11.9. The average molecular weight is 226 g/mol. The van der Waals surface area contributed by atoms with E-state index in [1.807, 2.05) is 13.8 Å². The monoisotopic (exact) mass is 226 g/mol. The molecule has 0 aromatic heterocycles. The summed E-state index contributed by atoms with van der Waals surface area (Å²) >= 11 is 0. The molecule has 1 saturated heterocycles. The van der Waals surface area contributed by atoms with Crippen molar-refractivity contribution in [3.63, 3.8) is 0 Å². The van der Waals surface area contributed by atoms with Crippen LogP contribution in [0.2, 0.25) is 0 Å². The van der Waals surface area contributed by atoms with Crippen molar-refractivity contribution in [2.75, 3.05) is 13.1 Å². The van der Waals surface area contributed by atoms with Gasteiger partial charge < -0.3 is 10.6 Å². The third kappa shape index (κ3) is 3.48. The Bertz CT molecular complexity index is 238. The van der Waals surface area contributed by atoms with E-state index in [1.165, 1.54) is 12.8 Å². The summed E-state index contributed by atoms with van der Waals surface area (Å²) in [4.78, 5) is 11.9. The van der Waals surface area contributed by atoms with Gasteiger partial charge in [0.15, 0.2) is 0 Å². The summed E-state index contributed by atoms with van der Waals surface area (Å²) in [6, 6.07) is 0.449. The van der Waals surface area contributed by atoms with Gasteiger partial charge in [-0.25, -0.2) is 0 Å². The minimum Gasteiger partial charge on any atom is -0.354 e. The van der Waals surface area contributed by atoms with Gasteiger partial charge in [0.05, 0.1) is 0 Å². The first-order chi connectivity index (χ1) is 7.47. The highest BCUT2D eigenvalue weighted by atomic mass is 16.2. The zero-order chi connectivity index (χ0) is 12.2. The number of rotatable bonds is 4. The van der Waals surface area contributed by atoms with Crippen LogP contribution in [0.3, 0.4) is 0 Å². The predicted octanol–water partition coefficient (Wildman–Crippen LogP) is 1.93. The molecule has 2 N–H and O–H groups in total. The fourth-order valence-corrected chi connectivity index (χ4v) is 1.99. The van der Waals surface area contributed by atoms with E-state index in [4.69, 9.17) is 0 Å². The number of carbonyl (C=O) groups excluding carboxylic acids is 1. The van der Waals surface area contributed by atoms with Gasteiger partial charge in [0, 0.05) is 18.0 Å². The molecule has 1 amide bonds. The fraction of sp³-hybridized carbons (Fsp3) is 0.923. The minimum absolute atomic E-state index is 0.176. The lowest BCUT2D eigenvalue weighted by Gasteiger charge is -2.31. The molecule has 1 fully saturated rings. The van der Waals surface area contributed by atoms with Gasteiger partial charge in [-0.15, -0.1) is 0 Å². The van der Waals surface area contributed by atoms with Gasteiger partial charge in [-0.1, -0.05) is 27.7 Å². The van der Waals surface area contributed by atoms with E-state index in [1.54, 1.807) is 0 Å². The van der Waals surface area contributed by atoms with Crippen LogP contribution < -0.4 is 10.6 Å². The van der Waals surface area contributed by atoms with Crippen LogP contribution in [0, 0.1) is 11.3 Å². The van der Waals surface area contributed by atoms with Crippen LogP contribution in [0.4, 0.5) is 0 Å². The van der Waals surface area contributed by atoms with Gasteiger partial charge >= 0.3 is 0 Å². The van der Waals surface area contributed by atoms with Crippen LogP contribution in [0.25, 0.3) is 0 Å². The van der Waals surface area contributed by atoms with E-state index in [0.29, 0.717) is 12.0 Å². The summed E-state index contributed by atoms with van der Waals surface area (Å²) in [5.41, 5.74) is -0.238. The predicted molar refractivity (Wildman–Crippen MR) is 67.3 cm³/mol. The Hall–Kier alpha value is -0.570. The third-order valence-corrected chi connectivity index (χ3v) is 3.91. The summed E-state index contributed by atoms with van der Waals surface area (Å²) in [7, 11) is 0. The van der Waals surface area contributed by atoms with Crippen molar-refractivity contribution < 1.29 is 4.79 Å². The van der Waals surface area contributed by atoms with Crippen molar-refractivity contribution in [2.24, 2.45) is 11.3 Å². The molecule has 0 radical (unpaired) electrons. The zero-order valence-corrected chi connectivity index (χ0v) is 11.1. The summed E-state index contributed by atoms with van der Waals surface area (Å²) in [5, 5.41) is 6.55. The molecule has 0 spiro atoms. The molecule has 1 aliphatic heterocycles. The molecule has 0 aromatic carbocycles. The van der Waals surface area contributed by atoms with E-state index in [2.05, 4.69) is 24.5 Å². The van der Waals surface area contributed by atoms with Crippen LogP contribution in [0.15, 0.2) is 0 Å². The Kier molecular flexibility index (Phi) is 4.78. The van der Waals surface area contributed by atoms with Gasteiger partial charge in [0.2, 0.25) is 5.91 Å². The standard InChI is InChI=1S/C13H26N2O/c1-5-13(3,4)12(16)15-9-11-10(2)7-6-8-14-11/h10-11,14H,5-9H2,1-4H3,(H,15,16). The summed E-state index contributed by atoms with van der Waals surface area (Å²) in [6.45, 7) is 10.2. The molecule has 1 rings (SSSR count). The van der Waals surface area contributed by atoms with Crippen molar-refractivity contribution in [1.82, 2.24) is 10.6 Å². The molecule has 3 heteroatoms. The summed E-state index contributed by atoms with van der Waals surface area (Å²) < 4.78 is 0. The molecule has 1 aliphatic rings. The average Bonchev–Trinajstić information content (AvgIpc) is 2.27. The Morgan fingerprint density at radius 1 is 1.50 bits per heavy atom. The Balaban J connectivity index is 2.36. The van der Waals surface area contributed by atoms with Crippen molar-refractivity contribution in [3.05, 3.63) is 0 Å². The number of carbonyl (C=O) groups is 1. The minimum atomic E-state index is -0.238. The first kappa shape index (κ1) is 13.5. The number of hydrogen-bond acceptors (Lipinski definition) is 2. The van der Waals surface area contributed by atoms with Crippen LogP contribution in [0.1, 0.15) is 47.0 Å².